The lowest BCUT2D eigenvalue weighted by Gasteiger charge is -2.10. The number of aryl methyl sites for hydroxylation is 1. The van der Waals surface area contributed by atoms with E-state index in [9.17, 15) is 9.59 Å². The van der Waals surface area contributed by atoms with Gasteiger partial charge in [0.1, 0.15) is 12.3 Å². The molecule has 0 aliphatic rings. The predicted molar refractivity (Wildman–Crippen MR) is 114 cm³/mol. The van der Waals surface area contributed by atoms with Gasteiger partial charge in [-0.3, -0.25) is 4.79 Å². The Labute approximate surface area is 173 Å². The number of nitrogens with one attached hydrogen (secondary N) is 1. The summed E-state index contributed by atoms with van der Waals surface area (Å²) in [5.41, 5.74) is 2.14. The van der Waals surface area contributed by atoms with E-state index >= 15 is 0 Å². The number of carbonyl (C=O) groups is 1. The van der Waals surface area contributed by atoms with Crippen LogP contribution < -0.4 is 15.7 Å². The number of ether oxygens (including phenoxy) is 1. The van der Waals surface area contributed by atoms with Crippen LogP contribution in [0.1, 0.15) is 25.8 Å². The zero-order valence-corrected chi connectivity index (χ0v) is 17.1. The van der Waals surface area contributed by atoms with Crippen molar-refractivity contribution < 1.29 is 9.53 Å². The van der Waals surface area contributed by atoms with Crippen LogP contribution in [0.2, 0.25) is 0 Å². The molecule has 0 saturated heterocycles. The first-order valence-corrected chi connectivity index (χ1v) is 9.88. The van der Waals surface area contributed by atoms with Crippen LogP contribution in [-0.2, 0) is 11.3 Å². The Hall–Kier alpha value is -3.68. The third-order valence-corrected chi connectivity index (χ3v) is 4.92. The molecule has 0 spiro atoms. The number of benzene rings is 2. The molecule has 154 valence electrons. The number of rotatable bonds is 6. The highest BCUT2D eigenvalue weighted by Crippen LogP contribution is 2.26. The maximum absolute atomic E-state index is 13.1. The van der Waals surface area contributed by atoms with Crippen LogP contribution in [-0.4, -0.2) is 31.1 Å². The Balaban J connectivity index is 1.82. The molecule has 1 amide bonds. The Morgan fingerprint density at radius 1 is 1.17 bits per heavy atom. The number of hydrogen-bond donors (Lipinski definition) is 1. The van der Waals surface area contributed by atoms with Crippen molar-refractivity contribution in [3.05, 3.63) is 64.6 Å². The van der Waals surface area contributed by atoms with Crippen molar-refractivity contribution in [1.29, 1.82) is 0 Å². The van der Waals surface area contributed by atoms with Crippen molar-refractivity contribution in [2.24, 2.45) is 0 Å². The van der Waals surface area contributed by atoms with E-state index in [1.807, 2.05) is 57.2 Å². The number of aromatic nitrogens is 4. The van der Waals surface area contributed by atoms with Crippen LogP contribution in [0.5, 0.6) is 11.6 Å². The van der Waals surface area contributed by atoms with E-state index < -0.39 is 5.69 Å². The zero-order valence-electron chi connectivity index (χ0n) is 17.1. The SMILES string of the molecule is CC[C@H](C)NC(=O)Cn1nc2c(Oc3ccc(C)cc3)nc3ccccc3n2c1=O. The first kappa shape index (κ1) is 19.6. The molecular weight excluding hydrogens is 382 g/mol. The second kappa shape index (κ2) is 7.98. The van der Waals surface area contributed by atoms with Gasteiger partial charge in [-0.05, 0) is 44.5 Å². The summed E-state index contributed by atoms with van der Waals surface area (Å²) >= 11 is 0. The Kier molecular flexibility index (Phi) is 5.22. The number of para-hydroxylation sites is 2. The fourth-order valence-corrected chi connectivity index (χ4v) is 3.12. The summed E-state index contributed by atoms with van der Waals surface area (Å²) in [4.78, 5) is 30.0. The highest BCUT2D eigenvalue weighted by Gasteiger charge is 2.19. The van der Waals surface area contributed by atoms with Crippen LogP contribution >= 0.6 is 0 Å². The summed E-state index contributed by atoms with van der Waals surface area (Å²) < 4.78 is 8.54. The van der Waals surface area contributed by atoms with Crippen LogP contribution in [0, 0.1) is 6.92 Å². The minimum absolute atomic E-state index is 0.0214. The molecule has 0 saturated carbocycles. The minimum Gasteiger partial charge on any atom is -0.436 e. The monoisotopic (exact) mass is 405 g/mol. The molecule has 0 bridgehead atoms. The highest BCUT2D eigenvalue weighted by molar-refractivity contribution is 5.80. The molecule has 8 heteroatoms. The molecular formula is C22H23N5O3. The van der Waals surface area contributed by atoms with Gasteiger partial charge in [0.2, 0.25) is 11.6 Å². The molecule has 0 radical (unpaired) electrons. The smallest absolute Gasteiger partial charge is 0.351 e. The molecule has 1 N–H and O–H groups in total. The molecule has 0 aliphatic heterocycles. The van der Waals surface area contributed by atoms with Gasteiger partial charge in [0, 0.05) is 6.04 Å². The van der Waals surface area contributed by atoms with E-state index in [1.54, 1.807) is 12.1 Å². The molecule has 0 fully saturated rings. The average molecular weight is 405 g/mol. The van der Waals surface area contributed by atoms with Crippen LogP contribution in [0.15, 0.2) is 53.3 Å². The number of carbonyl (C=O) groups excluding carboxylic acids is 1. The van der Waals surface area contributed by atoms with E-state index in [0.29, 0.717) is 16.8 Å². The quantitative estimate of drug-likeness (QED) is 0.532. The molecule has 30 heavy (non-hydrogen) atoms. The lowest BCUT2D eigenvalue weighted by molar-refractivity contribution is -0.122. The topological polar surface area (TPSA) is 90.5 Å². The fourth-order valence-electron chi connectivity index (χ4n) is 3.12. The maximum atomic E-state index is 13.1. The van der Waals surface area contributed by atoms with Crippen molar-refractivity contribution in [1.82, 2.24) is 24.5 Å². The molecule has 4 aromatic rings. The van der Waals surface area contributed by atoms with E-state index in [2.05, 4.69) is 15.4 Å². The first-order chi connectivity index (χ1) is 14.5. The summed E-state index contributed by atoms with van der Waals surface area (Å²) in [6, 6.07) is 14.8. The molecule has 0 aliphatic carbocycles. The van der Waals surface area contributed by atoms with Crippen molar-refractivity contribution in [3.63, 3.8) is 0 Å². The van der Waals surface area contributed by atoms with Crippen LogP contribution in [0.25, 0.3) is 16.7 Å². The number of hydrogen-bond acceptors (Lipinski definition) is 5. The molecule has 2 aromatic carbocycles. The maximum Gasteiger partial charge on any atom is 0.351 e. The molecule has 4 rings (SSSR count). The largest absolute Gasteiger partial charge is 0.436 e. The predicted octanol–water partition coefficient (Wildman–Crippen LogP) is 3.06. The van der Waals surface area contributed by atoms with Crippen molar-refractivity contribution in [2.75, 3.05) is 0 Å². The summed E-state index contributed by atoms with van der Waals surface area (Å²) in [6.07, 6.45) is 0.800. The molecule has 0 unspecified atom stereocenters. The molecule has 2 heterocycles. The third kappa shape index (κ3) is 3.76. The Morgan fingerprint density at radius 3 is 2.63 bits per heavy atom. The normalized spacial score (nSPS) is 12.2. The molecule has 8 nitrogen and oxygen atoms in total. The van der Waals surface area contributed by atoms with Gasteiger partial charge in [-0.2, -0.15) is 0 Å². The van der Waals surface area contributed by atoms with E-state index in [0.717, 1.165) is 16.7 Å². The van der Waals surface area contributed by atoms with Gasteiger partial charge < -0.3 is 10.1 Å². The standard InChI is InChI=1S/C22H23N5O3/c1-4-15(3)23-19(28)13-26-22(29)27-18-8-6-5-7-17(18)24-21(20(27)25-26)30-16-11-9-14(2)10-12-16/h5-12,15H,4,13H2,1-3H3,(H,23,28)/t15-/m0/s1. The summed E-state index contributed by atoms with van der Waals surface area (Å²) in [5, 5.41) is 7.22. The van der Waals surface area contributed by atoms with Gasteiger partial charge in [0.15, 0.2) is 0 Å². The van der Waals surface area contributed by atoms with Gasteiger partial charge >= 0.3 is 5.69 Å². The summed E-state index contributed by atoms with van der Waals surface area (Å²) in [6.45, 7) is 5.70. The highest BCUT2D eigenvalue weighted by atomic mass is 16.5. The first-order valence-electron chi connectivity index (χ1n) is 9.88. The number of fused-ring (bicyclic) bond motifs is 3. The Bertz CT molecular complexity index is 1270. The Morgan fingerprint density at radius 2 is 1.90 bits per heavy atom. The van der Waals surface area contributed by atoms with Gasteiger partial charge in [0.25, 0.3) is 5.88 Å². The van der Waals surface area contributed by atoms with Crippen LogP contribution in [0.3, 0.4) is 0 Å². The average Bonchev–Trinajstić information content (AvgIpc) is 3.06. The minimum atomic E-state index is -0.420. The molecule has 1 atom stereocenters. The lowest BCUT2D eigenvalue weighted by Crippen LogP contribution is -2.37. The van der Waals surface area contributed by atoms with Crippen molar-refractivity contribution >= 4 is 22.6 Å². The van der Waals surface area contributed by atoms with Crippen molar-refractivity contribution in [2.45, 2.75) is 39.8 Å². The van der Waals surface area contributed by atoms with Gasteiger partial charge in [-0.25, -0.2) is 18.9 Å². The van der Waals surface area contributed by atoms with Gasteiger partial charge in [0.05, 0.1) is 11.0 Å². The zero-order chi connectivity index (χ0) is 21.3. The van der Waals surface area contributed by atoms with Gasteiger partial charge in [-0.15, -0.1) is 5.10 Å². The third-order valence-electron chi connectivity index (χ3n) is 4.92. The summed E-state index contributed by atoms with van der Waals surface area (Å²) in [7, 11) is 0. The van der Waals surface area contributed by atoms with E-state index in [4.69, 9.17) is 4.74 Å². The lowest BCUT2D eigenvalue weighted by atomic mass is 10.2. The second-order valence-electron chi connectivity index (χ2n) is 7.30. The van der Waals surface area contributed by atoms with Crippen LogP contribution in [0.4, 0.5) is 0 Å². The molecule has 2 aromatic heterocycles. The van der Waals surface area contributed by atoms with E-state index in [-0.39, 0.29) is 30.0 Å². The van der Waals surface area contributed by atoms with Gasteiger partial charge in [-0.1, -0.05) is 36.8 Å². The van der Waals surface area contributed by atoms with Crippen molar-refractivity contribution in [3.8, 4) is 11.6 Å². The number of amides is 1. The second-order valence-corrected chi connectivity index (χ2v) is 7.30. The number of nitrogens with zero attached hydrogens (tertiary/aromatic N) is 4. The summed E-state index contributed by atoms with van der Waals surface area (Å²) in [5.74, 6) is 0.519. The fraction of sp³-hybridized carbons (Fsp3) is 0.273. The van der Waals surface area contributed by atoms with E-state index in [1.165, 1.54) is 4.40 Å².